The molecule has 0 aromatic carbocycles. The largest absolute Gasteiger partial charge is 0.468 e. The summed E-state index contributed by atoms with van der Waals surface area (Å²) < 4.78 is 10.4. The maximum absolute atomic E-state index is 12.0. The van der Waals surface area contributed by atoms with E-state index in [1.165, 1.54) is 7.11 Å². The first kappa shape index (κ1) is 13.8. The van der Waals surface area contributed by atoms with Crippen LogP contribution in [0.25, 0.3) is 0 Å². The number of ether oxygens (including phenoxy) is 2. The second-order valence-electron chi connectivity index (χ2n) is 6.09. The molecule has 18 heavy (non-hydrogen) atoms. The number of morpholine rings is 1. The zero-order valence-electron chi connectivity index (χ0n) is 11.6. The van der Waals surface area contributed by atoms with Gasteiger partial charge in [-0.2, -0.15) is 0 Å². The molecule has 0 spiro atoms. The van der Waals surface area contributed by atoms with E-state index in [-0.39, 0.29) is 17.4 Å². The molecule has 2 N–H and O–H groups in total. The van der Waals surface area contributed by atoms with Gasteiger partial charge < -0.3 is 15.2 Å². The minimum Gasteiger partial charge on any atom is -0.468 e. The number of rotatable bonds is 4. The highest BCUT2D eigenvalue weighted by molar-refractivity contribution is 5.81. The summed E-state index contributed by atoms with van der Waals surface area (Å²) in [5, 5.41) is 0. The van der Waals surface area contributed by atoms with Crippen LogP contribution in [0.2, 0.25) is 0 Å². The average Bonchev–Trinajstić information content (AvgIpc) is 3.14. The van der Waals surface area contributed by atoms with Gasteiger partial charge in [-0.05, 0) is 32.6 Å². The lowest BCUT2D eigenvalue weighted by Gasteiger charge is -2.45. The van der Waals surface area contributed by atoms with Crippen molar-refractivity contribution in [3.05, 3.63) is 0 Å². The third-order valence-corrected chi connectivity index (χ3v) is 4.14. The molecule has 5 heteroatoms. The normalized spacial score (nSPS) is 27.6. The molecule has 0 aromatic rings. The smallest absolute Gasteiger partial charge is 0.327 e. The van der Waals surface area contributed by atoms with Crippen molar-refractivity contribution in [2.24, 2.45) is 11.7 Å². The summed E-state index contributed by atoms with van der Waals surface area (Å²) in [4.78, 5) is 14.3. The molecule has 2 rings (SSSR count). The van der Waals surface area contributed by atoms with Crippen molar-refractivity contribution >= 4 is 5.97 Å². The van der Waals surface area contributed by atoms with Gasteiger partial charge >= 0.3 is 5.97 Å². The molecule has 0 radical (unpaired) electrons. The van der Waals surface area contributed by atoms with Crippen LogP contribution in [0, 0.1) is 5.92 Å². The maximum Gasteiger partial charge on any atom is 0.327 e. The van der Waals surface area contributed by atoms with Crippen LogP contribution in [0.4, 0.5) is 0 Å². The lowest BCUT2D eigenvalue weighted by molar-refractivity contribution is -0.151. The van der Waals surface area contributed by atoms with E-state index in [1.807, 2.05) is 0 Å². The third kappa shape index (κ3) is 2.53. The van der Waals surface area contributed by atoms with Crippen LogP contribution in [-0.2, 0) is 14.3 Å². The van der Waals surface area contributed by atoms with Crippen molar-refractivity contribution in [3.63, 3.8) is 0 Å². The Hall–Kier alpha value is -0.650. The van der Waals surface area contributed by atoms with Gasteiger partial charge in [-0.1, -0.05) is 0 Å². The fraction of sp³-hybridized carbons (Fsp3) is 0.923. The lowest BCUT2D eigenvalue weighted by atomic mass is 9.90. The van der Waals surface area contributed by atoms with E-state index in [9.17, 15) is 4.79 Å². The van der Waals surface area contributed by atoms with Gasteiger partial charge in [-0.15, -0.1) is 0 Å². The Morgan fingerprint density at radius 2 is 2.22 bits per heavy atom. The van der Waals surface area contributed by atoms with Crippen molar-refractivity contribution in [3.8, 4) is 0 Å². The Morgan fingerprint density at radius 3 is 2.72 bits per heavy atom. The number of carbonyl (C=O) groups is 1. The molecule has 0 aromatic heterocycles. The molecular weight excluding hydrogens is 232 g/mol. The Bertz CT molecular complexity index is 328. The van der Waals surface area contributed by atoms with Crippen molar-refractivity contribution in [1.82, 2.24) is 4.90 Å². The molecule has 2 fully saturated rings. The first-order valence-electron chi connectivity index (χ1n) is 6.60. The fourth-order valence-corrected chi connectivity index (χ4v) is 2.65. The van der Waals surface area contributed by atoms with Crippen LogP contribution in [-0.4, -0.2) is 55.4 Å². The van der Waals surface area contributed by atoms with Gasteiger partial charge in [-0.3, -0.25) is 9.69 Å². The molecular formula is C13H24N2O3. The second-order valence-corrected chi connectivity index (χ2v) is 6.09. The zero-order chi connectivity index (χ0) is 13.4. The summed E-state index contributed by atoms with van der Waals surface area (Å²) in [6.07, 6.45) is 2.05. The standard InChI is InChI=1S/C13H24N2O3/c1-12(2)9-18-7-6-15(12)8-13(14,10-4-5-10)11(16)17-3/h10H,4-9,14H2,1-3H3. The summed E-state index contributed by atoms with van der Waals surface area (Å²) in [5.74, 6) is -0.0177. The van der Waals surface area contributed by atoms with Crippen molar-refractivity contribution in [2.75, 3.05) is 33.4 Å². The van der Waals surface area contributed by atoms with E-state index in [0.29, 0.717) is 19.8 Å². The maximum atomic E-state index is 12.0. The molecule has 1 aliphatic heterocycles. The number of esters is 1. The van der Waals surface area contributed by atoms with Crippen molar-refractivity contribution < 1.29 is 14.3 Å². The highest BCUT2D eigenvalue weighted by Gasteiger charge is 2.51. The van der Waals surface area contributed by atoms with Crippen LogP contribution < -0.4 is 5.73 Å². The highest BCUT2D eigenvalue weighted by atomic mass is 16.5. The van der Waals surface area contributed by atoms with Crippen LogP contribution in [0.15, 0.2) is 0 Å². The first-order chi connectivity index (χ1) is 8.40. The van der Waals surface area contributed by atoms with Gasteiger partial charge in [-0.25, -0.2) is 0 Å². The minimum absolute atomic E-state index is 0.0776. The Balaban J connectivity index is 2.11. The van der Waals surface area contributed by atoms with Gasteiger partial charge in [0.05, 0.1) is 20.3 Å². The Labute approximate surface area is 109 Å². The summed E-state index contributed by atoms with van der Waals surface area (Å²) >= 11 is 0. The second kappa shape index (κ2) is 4.79. The van der Waals surface area contributed by atoms with Crippen LogP contribution in [0.3, 0.4) is 0 Å². The SMILES string of the molecule is COC(=O)C(N)(CN1CCOCC1(C)C)C1CC1. The summed E-state index contributed by atoms with van der Waals surface area (Å²) in [6, 6.07) is 0. The van der Waals surface area contributed by atoms with Gasteiger partial charge in [0.2, 0.25) is 0 Å². The summed E-state index contributed by atoms with van der Waals surface area (Å²) in [7, 11) is 1.41. The zero-order valence-corrected chi connectivity index (χ0v) is 11.6. The lowest BCUT2D eigenvalue weighted by Crippen LogP contribution is -2.64. The van der Waals surface area contributed by atoms with Gasteiger partial charge in [0, 0.05) is 18.6 Å². The van der Waals surface area contributed by atoms with Crippen LogP contribution in [0.1, 0.15) is 26.7 Å². The third-order valence-electron chi connectivity index (χ3n) is 4.14. The quantitative estimate of drug-likeness (QED) is 0.737. The summed E-state index contributed by atoms with van der Waals surface area (Å²) in [5.41, 5.74) is 5.42. The Kier molecular flexibility index (Phi) is 3.67. The minimum atomic E-state index is -0.858. The number of methoxy groups -OCH3 is 1. The van der Waals surface area contributed by atoms with Gasteiger partial charge in [0.15, 0.2) is 0 Å². The van der Waals surface area contributed by atoms with Crippen molar-refractivity contribution in [1.29, 1.82) is 0 Å². The van der Waals surface area contributed by atoms with Gasteiger partial charge in [0.1, 0.15) is 5.54 Å². The molecule has 5 nitrogen and oxygen atoms in total. The summed E-state index contributed by atoms with van der Waals surface area (Å²) in [6.45, 7) is 6.99. The monoisotopic (exact) mass is 256 g/mol. The number of nitrogens with zero attached hydrogens (tertiary/aromatic N) is 1. The average molecular weight is 256 g/mol. The molecule has 1 saturated heterocycles. The van der Waals surface area contributed by atoms with E-state index in [2.05, 4.69) is 18.7 Å². The van der Waals surface area contributed by atoms with E-state index >= 15 is 0 Å². The van der Waals surface area contributed by atoms with E-state index in [0.717, 1.165) is 19.4 Å². The van der Waals surface area contributed by atoms with Crippen molar-refractivity contribution in [2.45, 2.75) is 37.8 Å². The highest BCUT2D eigenvalue weighted by Crippen LogP contribution is 2.40. The predicted octanol–water partition coefficient (Wildman–Crippen LogP) is 0.378. The van der Waals surface area contributed by atoms with E-state index in [1.54, 1.807) is 0 Å². The molecule has 1 aliphatic carbocycles. The molecule has 1 unspecified atom stereocenters. The van der Waals surface area contributed by atoms with Crippen LogP contribution >= 0.6 is 0 Å². The molecule has 0 amide bonds. The molecule has 2 aliphatic rings. The Morgan fingerprint density at radius 1 is 1.56 bits per heavy atom. The topological polar surface area (TPSA) is 64.8 Å². The molecule has 104 valence electrons. The van der Waals surface area contributed by atoms with Gasteiger partial charge in [0.25, 0.3) is 0 Å². The van der Waals surface area contributed by atoms with E-state index in [4.69, 9.17) is 15.2 Å². The molecule has 0 bridgehead atoms. The number of hydrogen-bond donors (Lipinski definition) is 1. The number of nitrogens with two attached hydrogens (primary N) is 1. The van der Waals surface area contributed by atoms with Crippen LogP contribution in [0.5, 0.6) is 0 Å². The molecule has 1 heterocycles. The number of hydrogen-bond acceptors (Lipinski definition) is 5. The first-order valence-corrected chi connectivity index (χ1v) is 6.60. The number of carbonyl (C=O) groups excluding carboxylic acids is 1. The fourth-order valence-electron chi connectivity index (χ4n) is 2.65. The predicted molar refractivity (Wildman–Crippen MR) is 68.1 cm³/mol. The molecule has 1 atom stereocenters. The molecule has 1 saturated carbocycles. The van der Waals surface area contributed by atoms with E-state index < -0.39 is 5.54 Å².